The summed E-state index contributed by atoms with van der Waals surface area (Å²) in [4.78, 5) is 33.6. The molecule has 4 aromatic carbocycles. The van der Waals surface area contributed by atoms with Crippen LogP contribution in [0, 0.1) is 21.3 Å². The monoisotopic (exact) mass is 910 g/mol. The highest BCUT2D eigenvalue weighted by molar-refractivity contribution is 14.1. The molecular formula is C46H52BIN2O7Si. The summed E-state index contributed by atoms with van der Waals surface area (Å²) in [5.41, 5.74) is 3.48. The van der Waals surface area contributed by atoms with Crippen LogP contribution in [0.15, 0.2) is 114 Å². The quantitative estimate of drug-likeness (QED) is 0.104. The predicted octanol–water partition coefficient (Wildman–Crippen LogP) is 6.65. The van der Waals surface area contributed by atoms with E-state index in [1.54, 1.807) is 11.0 Å². The Kier molecular flexibility index (Phi) is 11.8. The zero-order valence-electron chi connectivity index (χ0n) is 33.6. The summed E-state index contributed by atoms with van der Waals surface area (Å²) in [5, 5.41) is 24.7. The second-order valence-electron chi connectivity index (χ2n) is 17.3. The van der Waals surface area contributed by atoms with Gasteiger partial charge in [0.15, 0.2) is 11.5 Å². The van der Waals surface area contributed by atoms with Gasteiger partial charge >= 0.3 is 7.12 Å². The maximum Gasteiger partial charge on any atom is 0.487 e. The van der Waals surface area contributed by atoms with Crippen molar-refractivity contribution in [3.63, 3.8) is 0 Å². The van der Waals surface area contributed by atoms with Crippen molar-refractivity contribution in [1.29, 1.82) is 0 Å². The van der Waals surface area contributed by atoms with Gasteiger partial charge in [0.2, 0.25) is 11.8 Å². The Morgan fingerprint density at radius 3 is 2.07 bits per heavy atom. The third-order valence-electron chi connectivity index (χ3n) is 12.9. The topological polar surface area (TPSA) is 109 Å². The van der Waals surface area contributed by atoms with Gasteiger partial charge in [0.1, 0.15) is 0 Å². The minimum Gasteiger partial charge on any atom is -0.504 e. The summed E-state index contributed by atoms with van der Waals surface area (Å²) in [7, 11) is -2.82. The van der Waals surface area contributed by atoms with Crippen LogP contribution in [0.4, 0.5) is 0 Å². The number of amides is 2. The van der Waals surface area contributed by atoms with Gasteiger partial charge in [-0.05, 0) is 104 Å². The first-order chi connectivity index (χ1) is 27.9. The number of halogens is 1. The van der Waals surface area contributed by atoms with Gasteiger partial charge in [-0.25, -0.2) is 0 Å². The molecule has 2 N–H and O–H groups in total. The molecule has 8 rings (SSSR count). The van der Waals surface area contributed by atoms with Crippen LogP contribution in [-0.4, -0.2) is 80.0 Å². The lowest BCUT2D eigenvalue weighted by Crippen LogP contribution is -2.66. The van der Waals surface area contributed by atoms with Crippen molar-refractivity contribution in [3.05, 3.63) is 129 Å². The molecule has 58 heavy (non-hydrogen) atoms. The largest absolute Gasteiger partial charge is 0.504 e. The maximum atomic E-state index is 14.8. The number of piperidine rings is 1. The van der Waals surface area contributed by atoms with Crippen molar-refractivity contribution in [2.75, 3.05) is 26.8 Å². The van der Waals surface area contributed by atoms with Crippen LogP contribution in [0.5, 0.6) is 11.5 Å². The summed E-state index contributed by atoms with van der Waals surface area (Å²) in [5.74, 6) is -1.57. The fourth-order valence-corrected chi connectivity index (χ4v) is 15.4. The molecule has 0 aromatic heterocycles. The van der Waals surface area contributed by atoms with E-state index < -0.39 is 39.3 Å². The van der Waals surface area contributed by atoms with Gasteiger partial charge in [0, 0.05) is 25.7 Å². The van der Waals surface area contributed by atoms with E-state index >= 15 is 0 Å². The fourth-order valence-electron chi connectivity index (χ4n) is 10.2. The van der Waals surface area contributed by atoms with Gasteiger partial charge in [-0.1, -0.05) is 112 Å². The number of ether oxygens (including phenoxy) is 1. The standard InChI is InChI=1S/C46H52BIN2O7Si/c1-46(2,3)58(34-16-10-6-11-17-34,35-18-12-7-13-19-35)56-29-32-24-37-41(36-27-39(57-47(54)42(32)36)31-25-38(48)43(51)40(26-31)55-4)45(53)50(44(37)52)33-20-22-49(23-21-33)28-30-14-8-5-9-15-30/h5-19,25-26,33,36-37,39,41,51,54H,20-24,27-29H2,1-4H3/t36-,37-,39-,41+/m0/s1. The van der Waals surface area contributed by atoms with Crippen molar-refractivity contribution >= 4 is 60.2 Å². The molecule has 0 bridgehead atoms. The first-order valence-corrected chi connectivity index (χ1v) is 23.4. The number of methoxy groups -OCH3 is 1. The molecule has 2 amide bonds. The van der Waals surface area contributed by atoms with Crippen molar-refractivity contribution in [3.8, 4) is 11.5 Å². The maximum absolute atomic E-state index is 14.8. The average molecular weight is 911 g/mol. The highest BCUT2D eigenvalue weighted by Gasteiger charge is 2.60. The van der Waals surface area contributed by atoms with Crippen molar-refractivity contribution in [2.24, 2.45) is 17.8 Å². The smallest absolute Gasteiger partial charge is 0.487 e. The third-order valence-corrected chi connectivity index (χ3v) is 18.7. The Balaban J connectivity index is 1.15. The van der Waals surface area contributed by atoms with Gasteiger partial charge in [0.05, 0.1) is 35.2 Å². The summed E-state index contributed by atoms with van der Waals surface area (Å²) in [6.07, 6.45) is 1.53. The number of aromatic hydroxyl groups is 1. The normalized spacial score (nSPS) is 23.3. The van der Waals surface area contributed by atoms with E-state index in [0.717, 1.165) is 54.0 Å². The van der Waals surface area contributed by atoms with Crippen LogP contribution >= 0.6 is 22.6 Å². The number of likely N-dealkylation sites (tertiary alicyclic amines) is 2. The first-order valence-electron chi connectivity index (χ1n) is 20.4. The molecule has 3 heterocycles. The molecule has 4 aliphatic rings. The second-order valence-corrected chi connectivity index (χ2v) is 22.7. The number of phenolic OH excluding ortho intramolecular Hbond substituents is 1. The molecule has 0 radical (unpaired) electrons. The number of hydrogen-bond donors (Lipinski definition) is 2. The molecule has 3 saturated heterocycles. The second kappa shape index (κ2) is 16.7. The van der Waals surface area contributed by atoms with E-state index in [1.807, 2.05) is 24.3 Å². The van der Waals surface area contributed by atoms with Crippen LogP contribution in [0.25, 0.3) is 0 Å². The number of carbonyl (C=O) groups is 2. The lowest BCUT2D eigenvalue weighted by molar-refractivity contribution is -0.144. The molecule has 4 aromatic rings. The molecule has 4 atom stereocenters. The summed E-state index contributed by atoms with van der Waals surface area (Å²) in [6.45, 7) is 9.32. The first kappa shape index (κ1) is 41.0. The van der Waals surface area contributed by atoms with Crippen LogP contribution < -0.4 is 15.1 Å². The van der Waals surface area contributed by atoms with Crippen LogP contribution in [-0.2, 0) is 25.2 Å². The van der Waals surface area contributed by atoms with Gasteiger partial charge in [-0.15, -0.1) is 0 Å². The van der Waals surface area contributed by atoms with Gasteiger partial charge in [-0.2, -0.15) is 0 Å². The molecule has 302 valence electrons. The van der Waals surface area contributed by atoms with E-state index in [-0.39, 0.29) is 35.3 Å². The lowest BCUT2D eigenvalue weighted by Gasteiger charge is -2.45. The van der Waals surface area contributed by atoms with E-state index in [9.17, 15) is 19.7 Å². The predicted molar refractivity (Wildman–Crippen MR) is 236 cm³/mol. The number of allylic oxidation sites excluding steroid dienone is 1. The molecule has 9 nitrogen and oxygen atoms in total. The molecule has 12 heteroatoms. The number of imide groups is 1. The van der Waals surface area contributed by atoms with Crippen molar-refractivity contribution in [2.45, 2.75) is 70.2 Å². The number of hydrogen-bond acceptors (Lipinski definition) is 8. The van der Waals surface area contributed by atoms with Crippen molar-refractivity contribution < 1.29 is 33.5 Å². The average Bonchev–Trinajstić information content (AvgIpc) is 3.48. The zero-order valence-corrected chi connectivity index (χ0v) is 36.8. The van der Waals surface area contributed by atoms with E-state index in [2.05, 4.69) is 121 Å². The van der Waals surface area contributed by atoms with Crippen LogP contribution in [0.2, 0.25) is 5.04 Å². The van der Waals surface area contributed by atoms with Crippen LogP contribution in [0.1, 0.15) is 63.7 Å². The third kappa shape index (κ3) is 7.49. The minimum absolute atomic E-state index is 0.0336. The molecular weight excluding hydrogens is 858 g/mol. The molecule has 1 aliphatic carbocycles. The Bertz CT molecular complexity index is 2120. The summed E-state index contributed by atoms with van der Waals surface area (Å²) in [6, 6.07) is 34.7. The fraction of sp³-hybridized carbons (Fsp3) is 0.391. The number of fused-ring (bicyclic) bond motifs is 3. The number of nitrogens with zero attached hydrogens (tertiary/aromatic N) is 2. The van der Waals surface area contributed by atoms with E-state index in [4.69, 9.17) is 13.8 Å². The highest BCUT2D eigenvalue weighted by atomic mass is 127. The SMILES string of the molecule is COc1cc([C@@H]2C[C@@H]3C(=C(CO[Si](c4ccccc4)(c4ccccc4)C(C)(C)C)C[C@@H]4C(=O)N(C5CCN(Cc6ccccc6)CC5)C(=O)[C@@H]43)B(O)O2)cc(I)c1O. The van der Waals surface area contributed by atoms with Crippen LogP contribution in [0.3, 0.4) is 0 Å². The Morgan fingerprint density at radius 1 is 0.879 bits per heavy atom. The molecule has 0 saturated carbocycles. The number of benzene rings is 4. The van der Waals surface area contributed by atoms with E-state index in [1.165, 1.54) is 12.7 Å². The highest BCUT2D eigenvalue weighted by Crippen LogP contribution is 2.53. The Morgan fingerprint density at radius 2 is 1.48 bits per heavy atom. The van der Waals surface area contributed by atoms with Gasteiger partial charge in [0.25, 0.3) is 8.32 Å². The lowest BCUT2D eigenvalue weighted by atomic mass is 9.55. The number of carbonyl (C=O) groups excluding carboxylic acids is 2. The van der Waals surface area contributed by atoms with Gasteiger partial charge < -0.3 is 23.9 Å². The molecule has 0 unspecified atom stereocenters. The van der Waals surface area contributed by atoms with E-state index in [0.29, 0.717) is 27.6 Å². The Labute approximate surface area is 356 Å². The van der Waals surface area contributed by atoms with Gasteiger partial charge in [-0.3, -0.25) is 19.4 Å². The number of rotatable bonds is 10. The Hall–Kier alpha value is -3.79. The van der Waals surface area contributed by atoms with Crippen molar-refractivity contribution in [1.82, 2.24) is 9.80 Å². The number of phenols is 1. The zero-order chi connectivity index (χ0) is 40.8. The summed E-state index contributed by atoms with van der Waals surface area (Å²) >= 11 is 2.06. The molecule has 3 fully saturated rings. The molecule has 0 spiro atoms. The minimum atomic E-state index is -3.00. The molecule has 3 aliphatic heterocycles. The summed E-state index contributed by atoms with van der Waals surface area (Å²) < 4.78 is 20.0.